The lowest BCUT2D eigenvalue weighted by Gasteiger charge is -2.35. The Morgan fingerprint density at radius 3 is 2.76 bits per heavy atom. The van der Waals surface area contributed by atoms with Gasteiger partial charge in [0, 0.05) is 11.7 Å². The number of benzene rings is 1. The number of carboxylic acids is 1. The molecular weight excluding hydrogens is 268 g/mol. The van der Waals surface area contributed by atoms with Crippen molar-refractivity contribution < 1.29 is 14.7 Å². The molecule has 5 nitrogen and oxygen atoms in total. The van der Waals surface area contributed by atoms with Crippen molar-refractivity contribution in [2.45, 2.75) is 45.6 Å². The molecule has 3 N–H and O–H groups in total. The molecule has 0 spiro atoms. The summed E-state index contributed by atoms with van der Waals surface area (Å²) in [6.07, 6.45) is 4.27. The van der Waals surface area contributed by atoms with E-state index in [1.54, 1.807) is 12.1 Å². The Bertz CT molecular complexity index is 540. The molecule has 1 aliphatic rings. The lowest BCUT2D eigenvalue weighted by Crippen LogP contribution is -2.42. The van der Waals surface area contributed by atoms with Crippen LogP contribution in [0.2, 0.25) is 0 Å². The van der Waals surface area contributed by atoms with Crippen LogP contribution in [0.3, 0.4) is 0 Å². The number of anilines is 1. The molecular formula is C16H22N2O3. The number of hydrogen-bond acceptors (Lipinski definition) is 2. The molecule has 2 rings (SSSR count). The summed E-state index contributed by atoms with van der Waals surface area (Å²) in [7, 11) is 0. The number of aromatic carboxylic acids is 1. The maximum atomic E-state index is 12.0. The SMILES string of the molecule is CC1(C)CCCC(NC(=O)Nc2cccc(C(=O)O)c2)C1. The van der Waals surface area contributed by atoms with E-state index >= 15 is 0 Å². The van der Waals surface area contributed by atoms with Gasteiger partial charge >= 0.3 is 12.0 Å². The van der Waals surface area contributed by atoms with E-state index in [2.05, 4.69) is 24.5 Å². The molecule has 0 aliphatic heterocycles. The van der Waals surface area contributed by atoms with Crippen LogP contribution in [-0.4, -0.2) is 23.1 Å². The van der Waals surface area contributed by atoms with Crippen molar-refractivity contribution in [1.82, 2.24) is 5.32 Å². The molecule has 1 atom stereocenters. The first-order chi connectivity index (χ1) is 9.85. The van der Waals surface area contributed by atoms with Gasteiger partial charge in [-0.1, -0.05) is 26.3 Å². The topological polar surface area (TPSA) is 78.4 Å². The summed E-state index contributed by atoms with van der Waals surface area (Å²) in [5, 5.41) is 14.6. The standard InChI is InChI=1S/C16H22N2O3/c1-16(2)8-4-7-13(10-16)18-15(21)17-12-6-3-5-11(9-12)14(19)20/h3,5-6,9,13H,4,7-8,10H2,1-2H3,(H,19,20)(H2,17,18,21). The van der Waals surface area contributed by atoms with Gasteiger partial charge in [-0.15, -0.1) is 0 Å². The first-order valence-corrected chi connectivity index (χ1v) is 7.27. The van der Waals surface area contributed by atoms with Crippen LogP contribution in [0.1, 0.15) is 49.9 Å². The van der Waals surface area contributed by atoms with Gasteiger partial charge in [0.25, 0.3) is 0 Å². The summed E-state index contributed by atoms with van der Waals surface area (Å²) in [4.78, 5) is 22.9. The Labute approximate surface area is 124 Å². The van der Waals surface area contributed by atoms with E-state index in [1.165, 1.54) is 18.6 Å². The summed E-state index contributed by atoms with van der Waals surface area (Å²) in [5.41, 5.74) is 0.911. The molecule has 1 unspecified atom stereocenters. The fourth-order valence-corrected chi connectivity index (χ4v) is 2.90. The van der Waals surface area contributed by atoms with Crippen LogP contribution in [0.15, 0.2) is 24.3 Å². The average Bonchev–Trinajstić information content (AvgIpc) is 2.37. The molecule has 2 amide bonds. The van der Waals surface area contributed by atoms with Gasteiger partial charge in [0.15, 0.2) is 0 Å². The predicted octanol–water partition coefficient (Wildman–Crippen LogP) is 3.48. The third-order valence-electron chi connectivity index (χ3n) is 3.91. The fourth-order valence-electron chi connectivity index (χ4n) is 2.90. The van der Waals surface area contributed by atoms with Gasteiger partial charge in [0.05, 0.1) is 5.56 Å². The van der Waals surface area contributed by atoms with Gasteiger partial charge in [-0.2, -0.15) is 0 Å². The zero-order chi connectivity index (χ0) is 15.5. The van der Waals surface area contributed by atoms with E-state index in [0.717, 1.165) is 19.3 Å². The number of nitrogens with one attached hydrogen (secondary N) is 2. The van der Waals surface area contributed by atoms with E-state index in [4.69, 9.17) is 5.11 Å². The summed E-state index contributed by atoms with van der Waals surface area (Å²) >= 11 is 0. The van der Waals surface area contributed by atoms with Crippen LogP contribution < -0.4 is 10.6 Å². The van der Waals surface area contributed by atoms with Crippen molar-refractivity contribution in [2.24, 2.45) is 5.41 Å². The van der Waals surface area contributed by atoms with E-state index in [0.29, 0.717) is 5.69 Å². The molecule has 1 aromatic carbocycles. The molecule has 114 valence electrons. The average molecular weight is 290 g/mol. The molecule has 0 saturated heterocycles. The van der Waals surface area contributed by atoms with Crippen LogP contribution in [0.4, 0.5) is 10.5 Å². The number of amides is 2. The minimum Gasteiger partial charge on any atom is -0.478 e. The summed E-state index contributed by atoms with van der Waals surface area (Å²) in [5.74, 6) is -1.01. The highest BCUT2D eigenvalue weighted by Gasteiger charge is 2.28. The lowest BCUT2D eigenvalue weighted by molar-refractivity contribution is 0.0697. The van der Waals surface area contributed by atoms with E-state index in [9.17, 15) is 9.59 Å². The van der Waals surface area contributed by atoms with Gasteiger partial charge in [0.2, 0.25) is 0 Å². The van der Waals surface area contributed by atoms with E-state index in [-0.39, 0.29) is 23.1 Å². The number of hydrogen-bond donors (Lipinski definition) is 3. The van der Waals surface area contributed by atoms with Crippen LogP contribution in [0.5, 0.6) is 0 Å². The predicted molar refractivity (Wildman–Crippen MR) is 81.6 cm³/mol. The molecule has 0 radical (unpaired) electrons. The second-order valence-corrected chi connectivity index (χ2v) is 6.44. The third-order valence-corrected chi connectivity index (χ3v) is 3.91. The third kappa shape index (κ3) is 4.48. The van der Waals surface area contributed by atoms with Gasteiger partial charge in [0.1, 0.15) is 0 Å². The van der Waals surface area contributed by atoms with Crippen molar-refractivity contribution in [3.05, 3.63) is 29.8 Å². The largest absolute Gasteiger partial charge is 0.478 e. The van der Waals surface area contributed by atoms with Crippen molar-refractivity contribution in [3.63, 3.8) is 0 Å². The Morgan fingerprint density at radius 2 is 2.10 bits per heavy atom. The highest BCUT2D eigenvalue weighted by molar-refractivity contribution is 5.93. The Kier molecular flexibility index (Phi) is 4.50. The maximum Gasteiger partial charge on any atom is 0.335 e. The van der Waals surface area contributed by atoms with Crippen LogP contribution in [-0.2, 0) is 0 Å². The Morgan fingerprint density at radius 1 is 1.33 bits per heavy atom. The molecule has 0 aromatic heterocycles. The Balaban J connectivity index is 1.92. The number of urea groups is 1. The van der Waals surface area contributed by atoms with Crippen molar-refractivity contribution in [1.29, 1.82) is 0 Å². The lowest BCUT2D eigenvalue weighted by atomic mass is 9.75. The minimum absolute atomic E-state index is 0.159. The highest BCUT2D eigenvalue weighted by Crippen LogP contribution is 2.35. The quantitative estimate of drug-likeness (QED) is 0.797. The first-order valence-electron chi connectivity index (χ1n) is 7.27. The van der Waals surface area contributed by atoms with Crippen LogP contribution in [0.25, 0.3) is 0 Å². The summed E-state index contributed by atoms with van der Waals surface area (Å²) in [6, 6.07) is 6.14. The Hall–Kier alpha value is -2.04. The maximum absolute atomic E-state index is 12.0. The highest BCUT2D eigenvalue weighted by atomic mass is 16.4. The van der Waals surface area contributed by atoms with E-state index < -0.39 is 5.97 Å². The number of carboxylic acid groups (broad SMARTS) is 1. The molecule has 5 heteroatoms. The van der Waals surface area contributed by atoms with Crippen molar-refractivity contribution in [3.8, 4) is 0 Å². The molecule has 1 saturated carbocycles. The second kappa shape index (κ2) is 6.16. The van der Waals surface area contributed by atoms with Gasteiger partial charge in [-0.05, 0) is 42.9 Å². The van der Waals surface area contributed by atoms with E-state index in [1.807, 2.05) is 0 Å². The molecule has 21 heavy (non-hydrogen) atoms. The monoisotopic (exact) mass is 290 g/mol. The zero-order valence-corrected chi connectivity index (χ0v) is 12.5. The molecule has 1 fully saturated rings. The molecule has 0 bridgehead atoms. The van der Waals surface area contributed by atoms with Crippen LogP contribution >= 0.6 is 0 Å². The van der Waals surface area contributed by atoms with Gasteiger partial charge in [-0.25, -0.2) is 9.59 Å². The molecule has 0 heterocycles. The minimum atomic E-state index is -1.01. The van der Waals surface area contributed by atoms with Crippen molar-refractivity contribution >= 4 is 17.7 Å². The summed E-state index contributed by atoms with van der Waals surface area (Å²) in [6.45, 7) is 4.43. The van der Waals surface area contributed by atoms with Gasteiger partial charge < -0.3 is 15.7 Å². The molecule has 1 aromatic rings. The normalized spacial score (nSPS) is 20.6. The van der Waals surface area contributed by atoms with Crippen LogP contribution in [0, 0.1) is 5.41 Å². The fraction of sp³-hybridized carbons (Fsp3) is 0.500. The number of carbonyl (C=O) groups excluding carboxylic acids is 1. The first kappa shape index (κ1) is 15.4. The molecule has 1 aliphatic carbocycles. The number of carbonyl (C=O) groups is 2. The van der Waals surface area contributed by atoms with Crippen molar-refractivity contribution in [2.75, 3.05) is 5.32 Å². The van der Waals surface area contributed by atoms with Gasteiger partial charge in [-0.3, -0.25) is 0 Å². The number of rotatable bonds is 3. The second-order valence-electron chi connectivity index (χ2n) is 6.44. The smallest absolute Gasteiger partial charge is 0.335 e. The summed E-state index contributed by atoms with van der Waals surface area (Å²) < 4.78 is 0. The zero-order valence-electron chi connectivity index (χ0n) is 12.5.